The summed E-state index contributed by atoms with van der Waals surface area (Å²) >= 11 is 0. The van der Waals surface area contributed by atoms with Gasteiger partial charge in [-0.25, -0.2) is 0 Å². The SMILES string of the molecule is CCC(C)(O)Cc1c(OC)cc2c(c1OC)C(=O)CC(c1ccc(OC)c(OC)c1C/C=C(\C)CCCC(C)(C)O)O2. The molecular weight excluding hydrogens is 536 g/mol. The quantitative estimate of drug-likeness (QED) is 0.241. The average molecular weight is 585 g/mol. The molecule has 1 aliphatic heterocycles. The number of carbonyl (C=O) groups is 1. The summed E-state index contributed by atoms with van der Waals surface area (Å²) in [5, 5.41) is 20.9. The van der Waals surface area contributed by atoms with Crippen molar-refractivity contribution in [2.24, 2.45) is 0 Å². The van der Waals surface area contributed by atoms with Crippen LogP contribution in [0.15, 0.2) is 29.8 Å². The van der Waals surface area contributed by atoms with Crippen molar-refractivity contribution in [3.63, 3.8) is 0 Å². The summed E-state index contributed by atoms with van der Waals surface area (Å²) in [6.07, 6.45) is 5.50. The van der Waals surface area contributed by atoms with Gasteiger partial charge in [-0.3, -0.25) is 4.79 Å². The highest BCUT2D eigenvalue weighted by atomic mass is 16.5. The molecule has 1 heterocycles. The van der Waals surface area contributed by atoms with Crippen molar-refractivity contribution in [2.75, 3.05) is 28.4 Å². The lowest BCUT2D eigenvalue weighted by atomic mass is 9.87. The summed E-state index contributed by atoms with van der Waals surface area (Å²) in [6.45, 7) is 9.39. The van der Waals surface area contributed by atoms with Gasteiger partial charge >= 0.3 is 0 Å². The monoisotopic (exact) mass is 584 g/mol. The molecule has 0 bridgehead atoms. The van der Waals surface area contributed by atoms with Crippen molar-refractivity contribution in [3.05, 3.63) is 52.1 Å². The van der Waals surface area contributed by atoms with Gasteiger partial charge < -0.3 is 33.9 Å². The van der Waals surface area contributed by atoms with E-state index >= 15 is 0 Å². The van der Waals surface area contributed by atoms with Crippen molar-refractivity contribution in [3.8, 4) is 28.7 Å². The molecule has 0 aromatic heterocycles. The molecule has 232 valence electrons. The van der Waals surface area contributed by atoms with E-state index < -0.39 is 17.3 Å². The molecule has 2 aromatic carbocycles. The Hall–Kier alpha value is -3.23. The number of fused-ring (bicyclic) bond motifs is 1. The number of rotatable bonds is 14. The van der Waals surface area contributed by atoms with Crippen LogP contribution in [-0.2, 0) is 12.8 Å². The number of benzene rings is 2. The maximum absolute atomic E-state index is 13.7. The molecule has 0 fully saturated rings. The first-order valence-corrected chi connectivity index (χ1v) is 14.6. The molecule has 0 saturated carbocycles. The van der Waals surface area contributed by atoms with Gasteiger partial charge in [-0.2, -0.15) is 0 Å². The first-order valence-electron chi connectivity index (χ1n) is 14.6. The number of allylic oxidation sites excluding steroid dienone is 2. The number of carbonyl (C=O) groups excluding carboxylic acids is 1. The third-order valence-electron chi connectivity index (χ3n) is 8.02. The maximum Gasteiger partial charge on any atom is 0.174 e. The van der Waals surface area contributed by atoms with Crippen LogP contribution in [0.25, 0.3) is 0 Å². The summed E-state index contributed by atoms with van der Waals surface area (Å²) in [5.41, 5.74) is 2.23. The molecule has 42 heavy (non-hydrogen) atoms. The average Bonchev–Trinajstić information content (AvgIpc) is 2.94. The fourth-order valence-electron chi connectivity index (χ4n) is 5.43. The predicted octanol–water partition coefficient (Wildman–Crippen LogP) is 6.56. The number of ether oxygens (including phenoxy) is 5. The number of aliphatic hydroxyl groups is 2. The Kier molecular flexibility index (Phi) is 11.0. The van der Waals surface area contributed by atoms with Gasteiger partial charge in [0.05, 0.1) is 46.1 Å². The van der Waals surface area contributed by atoms with E-state index in [4.69, 9.17) is 23.7 Å². The van der Waals surface area contributed by atoms with E-state index in [1.165, 1.54) is 12.7 Å². The van der Waals surface area contributed by atoms with Gasteiger partial charge in [-0.15, -0.1) is 0 Å². The normalized spacial score (nSPS) is 16.8. The van der Waals surface area contributed by atoms with E-state index in [-0.39, 0.29) is 18.6 Å². The minimum absolute atomic E-state index is 0.107. The summed E-state index contributed by atoms with van der Waals surface area (Å²) in [7, 11) is 6.27. The molecule has 0 amide bonds. The number of ketones is 1. The van der Waals surface area contributed by atoms with Gasteiger partial charge in [0.1, 0.15) is 28.9 Å². The first-order chi connectivity index (χ1) is 19.8. The van der Waals surface area contributed by atoms with Crippen LogP contribution >= 0.6 is 0 Å². The van der Waals surface area contributed by atoms with E-state index in [1.54, 1.807) is 34.3 Å². The van der Waals surface area contributed by atoms with Crippen LogP contribution in [0.5, 0.6) is 28.7 Å². The van der Waals surface area contributed by atoms with Gasteiger partial charge in [0.2, 0.25) is 0 Å². The molecule has 0 saturated heterocycles. The second-order valence-corrected chi connectivity index (χ2v) is 12.0. The third kappa shape index (κ3) is 7.78. The van der Waals surface area contributed by atoms with E-state index in [9.17, 15) is 15.0 Å². The number of methoxy groups -OCH3 is 4. The minimum Gasteiger partial charge on any atom is -0.496 e. The van der Waals surface area contributed by atoms with Crippen LogP contribution in [0, 0.1) is 0 Å². The zero-order valence-electron chi connectivity index (χ0n) is 26.7. The van der Waals surface area contributed by atoms with Crippen molar-refractivity contribution < 1.29 is 38.7 Å². The second kappa shape index (κ2) is 13.8. The van der Waals surface area contributed by atoms with Crippen LogP contribution in [0.3, 0.4) is 0 Å². The lowest BCUT2D eigenvalue weighted by Crippen LogP contribution is -2.28. The molecule has 2 atom stereocenters. The zero-order valence-corrected chi connectivity index (χ0v) is 26.7. The van der Waals surface area contributed by atoms with Gasteiger partial charge in [0.15, 0.2) is 17.3 Å². The maximum atomic E-state index is 13.7. The Labute approximate surface area is 250 Å². The molecule has 3 rings (SSSR count). The van der Waals surface area contributed by atoms with Gasteiger partial charge in [0, 0.05) is 29.2 Å². The summed E-state index contributed by atoms with van der Waals surface area (Å²) in [6, 6.07) is 5.48. The van der Waals surface area contributed by atoms with Crippen molar-refractivity contribution in [2.45, 2.75) is 96.9 Å². The van der Waals surface area contributed by atoms with Crippen LogP contribution in [0.4, 0.5) is 0 Å². The molecule has 2 N–H and O–H groups in total. The Morgan fingerprint density at radius 1 is 1.00 bits per heavy atom. The Morgan fingerprint density at radius 3 is 2.24 bits per heavy atom. The Balaban J connectivity index is 2.03. The Bertz CT molecular complexity index is 1290. The van der Waals surface area contributed by atoms with Crippen molar-refractivity contribution >= 4 is 5.78 Å². The smallest absolute Gasteiger partial charge is 0.174 e. The van der Waals surface area contributed by atoms with Gasteiger partial charge in [-0.05, 0) is 65.9 Å². The molecule has 0 spiro atoms. The highest BCUT2D eigenvalue weighted by molar-refractivity contribution is 6.03. The summed E-state index contributed by atoms with van der Waals surface area (Å²) in [5.74, 6) is 2.33. The molecule has 8 nitrogen and oxygen atoms in total. The van der Waals surface area contributed by atoms with Crippen molar-refractivity contribution in [1.29, 1.82) is 0 Å². The summed E-state index contributed by atoms with van der Waals surface area (Å²) in [4.78, 5) is 13.7. The fraction of sp³-hybridized carbons (Fsp3) is 0.559. The van der Waals surface area contributed by atoms with Gasteiger partial charge in [0.25, 0.3) is 0 Å². The zero-order chi connectivity index (χ0) is 31.2. The Morgan fingerprint density at radius 2 is 1.67 bits per heavy atom. The molecule has 2 aromatic rings. The highest BCUT2D eigenvalue weighted by Gasteiger charge is 2.36. The van der Waals surface area contributed by atoms with E-state index in [0.29, 0.717) is 59.1 Å². The van der Waals surface area contributed by atoms with E-state index in [0.717, 1.165) is 24.0 Å². The largest absolute Gasteiger partial charge is 0.496 e. The van der Waals surface area contributed by atoms with E-state index in [2.05, 4.69) is 13.0 Å². The molecule has 0 radical (unpaired) electrons. The van der Waals surface area contributed by atoms with Gasteiger partial charge in [-0.1, -0.05) is 24.6 Å². The minimum atomic E-state index is -0.996. The molecule has 2 unspecified atom stereocenters. The standard InChI is InChI=1S/C34H48O8/c1-10-34(5,37)20-24-27(39-7)19-29-30(32(24)41-9)25(35)18-28(42-29)22-15-16-26(38-6)31(40-8)23(22)14-13-21(2)12-11-17-33(3,4)36/h13,15-16,19,28,36-37H,10-12,14,17-18,20H2,1-9H3/b21-13+. The topological polar surface area (TPSA) is 104 Å². The summed E-state index contributed by atoms with van der Waals surface area (Å²) < 4.78 is 29.4. The fourth-order valence-corrected chi connectivity index (χ4v) is 5.43. The number of hydrogen-bond donors (Lipinski definition) is 2. The van der Waals surface area contributed by atoms with Crippen LogP contribution < -0.4 is 23.7 Å². The molecule has 1 aliphatic rings. The first kappa shape index (κ1) is 33.3. The van der Waals surface area contributed by atoms with Crippen LogP contribution in [0.2, 0.25) is 0 Å². The lowest BCUT2D eigenvalue weighted by molar-refractivity contribution is 0.0548. The molecule has 8 heteroatoms. The number of hydrogen-bond acceptors (Lipinski definition) is 8. The predicted molar refractivity (Wildman–Crippen MR) is 164 cm³/mol. The van der Waals surface area contributed by atoms with Crippen LogP contribution in [0.1, 0.15) is 99.9 Å². The highest BCUT2D eigenvalue weighted by Crippen LogP contribution is 2.48. The third-order valence-corrected chi connectivity index (χ3v) is 8.02. The van der Waals surface area contributed by atoms with E-state index in [1.807, 2.05) is 32.9 Å². The number of Topliss-reactive ketones (excluding diaryl/α,β-unsaturated/α-hetero) is 1. The lowest BCUT2D eigenvalue weighted by Gasteiger charge is -2.31. The van der Waals surface area contributed by atoms with Crippen molar-refractivity contribution in [1.82, 2.24) is 0 Å². The molecular formula is C34H48O8. The van der Waals surface area contributed by atoms with Crippen LogP contribution in [-0.4, -0.2) is 55.6 Å². The second-order valence-electron chi connectivity index (χ2n) is 12.0. The molecule has 0 aliphatic carbocycles.